The molecule has 0 atom stereocenters. The fourth-order valence-electron chi connectivity index (χ4n) is 1.06. The molecule has 3 nitrogen and oxygen atoms in total. The zero-order valence-electron chi connectivity index (χ0n) is 7.84. The quantitative estimate of drug-likeness (QED) is 0.800. The van der Waals surface area contributed by atoms with E-state index in [4.69, 9.17) is 14.2 Å². The molecule has 5 heteroatoms. The van der Waals surface area contributed by atoms with Crippen LogP contribution in [0, 0.1) is 3.57 Å². The van der Waals surface area contributed by atoms with Gasteiger partial charge in [0.1, 0.15) is 0 Å². The standard InChI is InChI=1S/C9H10FIO3/c1-12-7-4-3-6(11)8(13-2)9(7)14-5-10/h3-4H,5H2,1-2H3. The van der Waals surface area contributed by atoms with Crippen molar-refractivity contribution in [2.24, 2.45) is 0 Å². The van der Waals surface area contributed by atoms with Gasteiger partial charge in [-0.15, -0.1) is 0 Å². The van der Waals surface area contributed by atoms with Crippen LogP contribution in [-0.4, -0.2) is 21.1 Å². The van der Waals surface area contributed by atoms with Gasteiger partial charge < -0.3 is 14.2 Å². The lowest BCUT2D eigenvalue weighted by molar-refractivity contribution is 0.177. The predicted molar refractivity (Wildman–Crippen MR) is 58.9 cm³/mol. The molecular formula is C9H10FIO3. The SMILES string of the molecule is COc1ccc(I)c(OC)c1OCF. The summed E-state index contributed by atoms with van der Waals surface area (Å²) < 4.78 is 27.9. The fraction of sp³-hybridized carbons (Fsp3) is 0.333. The second kappa shape index (κ2) is 5.23. The summed E-state index contributed by atoms with van der Waals surface area (Å²) in [5.41, 5.74) is 0. The normalized spacial score (nSPS) is 9.71. The third kappa shape index (κ3) is 2.20. The molecule has 0 saturated heterocycles. The lowest BCUT2D eigenvalue weighted by Crippen LogP contribution is -1.99. The van der Waals surface area contributed by atoms with Crippen molar-refractivity contribution in [1.82, 2.24) is 0 Å². The summed E-state index contributed by atoms with van der Waals surface area (Å²) in [6.07, 6.45) is 0. The van der Waals surface area contributed by atoms with Gasteiger partial charge in [0.05, 0.1) is 17.8 Å². The van der Waals surface area contributed by atoms with Gasteiger partial charge in [-0.2, -0.15) is 0 Å². The number of alkyl halides is 1. The molecule has 14 heavy (non-hydrogen) atoms. The van der Waals surface area contributed by atoms with E-state index in [1.165, 1.54) is 14.2 Å². The molecular weight excluding hydrogens is 302 g/mol. The van der Waals surface area contributed by atoms with Gasteiger partial charge in [0.2, 0.25) is 12.6 Å². The highest BCUT2D eigenvalue weighted by molar-refractivity contribution is 14.1. The molecule has 0 heterocycles. The van der Waals surface area contributed by atoms with Crippen LogP contribution in [0.15, 0.2) is 12.1 Å². The molecule has 0 radical (unpaired) electrons. The van der Waals surface area contributed by atoms with Gasteiger partial charge >= 0.3 is 0 Å². The van der Waals surface area contributed by atoms with Crippen LogP contribution in [-0.2, 0) is 0 Å². The molecule has 1 aromatic carbocycles. The molecule has 0 fully saturated rings. The monoisotopic (exact) mass is 312 g/mol. The van der Waals surface area contributed by atoms with Gasteiger partial charge in [0, 0.05) is 0 Å². The number of ether oxygens (including phenoxy) is 3. The van der Waals surface area contributed by atoms with Crippen LogP contribution in [0.4, 0.5) is 4.39 Å². The minimum absolute atomic E-state index is 0.296. The third-order valence-electron chi connectivity index (χ3n) is 1.65. The third-order valence-corrected chi connectivity index (χ3v) is 2.50. The smallest absolute Gasteiger partial charge is 0.229 e. The molecule has 0 aliphatic heterocycles. The van der Waals surface area contributed by atoms with E-state index in [0.717, 1.165) is 3.57 Å². The first kappa shape index (κ1) is 11.4. The van der Waals surface area contributed by atoms with E-state index < -0.39 is 6.86 Å². The first-order valence-electron chi connectivity index (χ1n) is 3.83. The van der Waals surface area contributed by atoms with Crippen molar-refractivity contribution in [2.75, 3.05) is 21.1 Å². The topological polar surface area (TPSA) is 27.7 Å². The zero-order valence-corrected chi connectivity index (χ0v) is 10.00. The summed E-state index contributed by atoms with van der Waals surface area (Å²) in [4.78, 5) is 0. The fourth-order valence-corrected chi connectivity index (χ4v) is 1.71. The molecule has 0 aliphatic rings. The Hall–Kier alpha value is -0.720. The molecule has 1 rings (SSSR count). The van der Waals surface area contributed by atoms with Crippen LogP contribution < -0.4 is 14.2 Å². The van der Waals surface area contributed by atoms with Gasteiger partial charge in [-0.25, -0.2) is 4.39 Å². The molecule has 0 aliphatic carbocycles. The number of rotatable bonds is 4. The van der Waals surface area contributed by atoms with Crippen molar-refractivity contribution < 1.29 is 18.6 Å². The zero-order chi connectivity index (χ0) is 10.6. The average molecular weight is 312 g/mol. The van der Waals surface area contributed by atoms with E-state index in [9.17, 15) is 4.39 Å². The average Bonchev–Trinajstić information content (AvgIpc) is 2.19. The van der Waals surface area contributed by atoms with E-state index >= 15 is 0 Å². The van der Waals surface area contributed by atoms with Crippen LogP contribution in [0.2, 0.25) is 0 Å². The van der Waals surface area contributed by atoms with Crippen LogP contribution in [0.1, 0.15) is 0 Å². The number of hydrogen-bond acceptors (Lipinski definition) is 3. The number of hydrogen-bond donors (Lipinski definition) is 0. The van der Waals surface area contributed by atoms with Crippen molar-refractivity contribution in [3.8, 4) is 17.2 Å². The summed E-state index contributed by atoms with van der Waals surface area (Å²) >= 11 is 2.08. The molecule has 0 spiro atoms. The van der Waals surface area contributed by atoms with Crippen molar-refractivity contribution in [1.29, 1.82) is 0 Å². The van der Waals surface area contributed by atoms with E-state index in [1.54, 1.807) is 6.07 Å². The van der Waals surface area contributed by atoms with Crippen LogP contribution in [0.25, 0.3) is 0 Å². The summed E-state index contributed by atoms with van der Waals surface area (Å²) in [7, 11) is 2.99. The maximum Gasteiger partial charge on any atom is 0.229 e. The van der Waals surface area contributed by atoms with Crippen molar-refractivity contribution in [3.05, 3.63) is 15.7 Å². The maximum absolute atomic E-state index is 12.1. The van der Waals surface area contributed by atoms with Gasteiger partial charge in [-0.1, -0.05) is 0 Å². The van der Waals surface area contributed by atoms with E-state index in [0.29, 0.717) is 17.2 Å². The van der Waals surface area contributed by atoms with Crippen LogP contribution in [0.3, 0.4) is 0 Å². The van der Waals surface area contributed by atoms with Crippen molar-refractivity contribution in [2.45, 2.75) is 0 Å². The highest BCUT2D eigenvalue weighted by Gasteiger charge is 2.14. The van der Waals surface area contributed by atoms with Crippen molar-refractivity contribution >= 4 is 22.6 Å². The van der Waals surface area contributed by atoms with Gasteiger partial charge in [0.15, 0.2) is 11.5 Å². The largest absolute Gasteiger partial charge is 0.493 e. The summed E-state index contributed by atoms with van der Waals surface area (Å²) in [6, 6.07) is 3.51. The Balaban J connectivity index is 3.21. The van der Waals surface area contributed by atoms with Gasteiger partial charge in [0.25, 0.3) is 0 Å². The Kier molecular flexibility index (Phi) is 4.24. The van der Waals surface area contributed by atoms with E-state index in [1.807, 2.05) is 6.07 Å². The Labute approximate surface area is 95.3 Å². The molecule has 0 N–H and O–H groups in total. The highest BCUT2D eigenvalue weighted by Crippen LogP contribution is 2.40. The van der Waals surface area contributed by atoms with Crippen LogP contribution in [0.5, 0.6) is 17.2 Å². The molecule has 0 amide bonds. The molecule has 0 saturated carbocycles. The molecule has 78 valence electrons. The second-order valence-electron chi connectivity index (χ2n) is 2.37. The Morgan fingerprint density at radius 2 is 1.93 bits per heavy atom. The van der Waals surface area contributed by atoms with Crippen molar-refractivity contribution in [3.63, 3.8) is 0 Å². The van der Waals surface area contributed by atoms with Gasteiger partial charge in [-0.3, -0.25) is 0 Å². The first-order valence-corrected chi connectivity index (χ1v) is 4.91. The highest BCUT2D eigenvalue weighted by atomic mass is 127. The minimum atomic E-state index is -0.910. The predicted octanol–water partition coefficient (Wildman–Crippen LogP) is 2.61. The lowest BCUT2D eigenvalue weighted by atomic mass is 10.3. The number of methoxy groups -OCH3 is 2. The molecule has 0 unspecified atom stereocenters. The molecule has 0 aromatic heterocycles. The van der Waals surface area contributed by atoms with E-state index in [2.05, 4.69) is 22.6 Å². The number of benzene rings is 1. The molecule has 0 bridgehead atoms. The maximum atomic E-state index is 12.1. The number of halogens is 2. The minimum Gasteiger partial charge on any atom is -0.493 e. The first-order chi connectivity index (χ1) is 6.74. The lowest BCUT2D eigenvalue weighted by Gasteiger charge is -2.13. The van der Waals surface area contributed by atoms with Gasteiger partial charge in [-0.05, 0) is 34.7 Å². The molecule has 1 aromatic rings. The summed E-state index contributed by atoms with van der Waals surface area (Å²) in [6.45, 7) is -0.910. The summed E-state index contributed by atoms with van der Waals surface area (Å²) in [5.74, 6) is 1.24. The van der Waals surface area contributed by atoms with Crippen LogP contribution >= 0.6 is 22.6 Å². The Bertz CT molecular complexity index is 317. The second-order valence-corrected chi connectivity index (χ2v) is 3.53. The Morgan fingerprint density at radius 3 is 2.43 bits per heavy atom. The summed E-state index contributed by atoms with van der Waals surface area (Å²) in [5, 5.41) is 0. The Morgan fingerprint density at radius 1 is 1.21 bits per heavy atom. The van der Waals surface area contributed by atoms with E-state index in [-0.39, 0.29) is 0 Å².